The zero-order valence-electron chi connectivity index (χ0n) is 10.4. The van der Waals surface area contributed by atoms with Gasteiger partial charge >= 0.3 is 0 Å². The number of rotatable bonds is 5. The van der Waals surface area contributed by atoms with Crippen molar-refractivity contribution in [1.82, 2.24) is 15.0 Å². The van der Waals surface area contributed by atoms with Crippen LogP contribution in [0.3, 0.4) is 0 Å². The first-order valence-corrected chi connectivity index (χ1v) is 5.68. The van der Waals surface area contributed by atoms with Crippen LogP contribution in [0.2, 0.25) is 0 Å². The summed E-state index contributed by atoms with van der Waals surface area (Å²) >= 11 is 0. The summed E-state index contributed by atoms with van der Waals surface area (Å²) in [5.74, 6) is 2.62. The maximum absolute atomic E-state index is 5.28. The molecule has 5 heteroatoms. The molecule has 0 aliphatic rings. The molecule has 2 heterocycles. The van der Waals surface area contributed by atoms with Crippen LogP contribution >= 0.6 is 0 Å². The van der Waals surface area contributed by atoms with Crippen molar-refractivity contribution in [2.45, 2.75) is 32.9 Å². The van der Waals surface area contributed by atoms with E-state index in [0.717, 1.165) is 18.1 Å². The zero-order chi connectivity index (χ0) is 12.3. The molecule has 0 spiro atoms. The van der Waals surface area contributed by atoms with Gasteiger partial charge in [-0.1, -0.05) is 19.0 Å². The van der Waals surface area contributed by atoms with Gasteiger partial charge in [0.25, 0.3) is 0 Å². The molecule has 0 N–H and O–H groups in total. The highest BCUT2D eigenvalue weighted by Gasteiger charge is 2.12. The Morgan fingerprint density at radius 2 is 2.18 bits per heavy atom. The second-order valence-electron chi connectivity index (χ2n) is 4.45. The first-order valence-electron chi connectivity index (χ1n) is 5.68. The maximum Gasteiger partial charge on any atom is 0.240 e. The van der Waals surface area contributed by atoms with Crippen LogP contribution in [0.25, 0.3) is 0 Å². The molecule has 17 heavy (non-hydrogen) atoms. The van der Waals surface area contributed by atoms with Crippen molar-refractivity contribution >= 4 is 0 Å². The minimum absolute atomic E-state index is 0.294. The SMILES string of the molecule is CC(C)c1noc(CN(C)Cc2ccco2)n1. The summed E-state index contributed by atoms with van der Waals surface area (Å²) in [6, 6.07) is 3.83. The van der Waals surface area contributed by atoms with Crippen LogP contribution in [-0.2, 0) is 13.1 Å². The highest BCUT2D eigenvalue weighted by Crippen LogP contribution is 2.11. The van der Waals surface area contributed by atoms with Crippen molar-refractivity contribution in [3.63, 3.8) is 0 Å². The molecule has 2 aromatic heterocycles. The van der Waals surface area contributed by atoms with Gasteiger partial charge in [0, 0.05) is 5.92 Å². The van der Waals surface area contributed by atoms with Gasteiger partial charge in [0.15, 0.2) is 5.82 Å². The molecular formula is C12H17N3O2. The Bertz CT molecular complexity index is 448. The van der Waals surface area contributed by atoms with Gasteiger partial charge in [0.2, 0.25) is 5.89 Å². The van der Waals surface area contributed by atoms with Crippen molar-refractivity contribution in [3.8, 4) is 0 Å². The van der Waals surface area contributed by atoms with Gasteiger partial charge in [-0.15, -0.1) is 0 Å². The van der Waals surface area contributed by atoms with Crippen LogP contribution in [-0.4, -0.2) is 22.1 Å². The molecule has 0 bridgehead atoms. The molecule has 5 nitrogen and oxygen atoms in total. The Hall–Kier alpha value is -1.62. The zero-order valence-corrected chi connectivity index (χ0v) is 10.4. The summed E-state index contributed by atoms with van der Waals surface area (Å²) in [6.45, 7) is 5.44. The fraction of sp³-hybridized carbons (Fsp3) is 0.500. The second-order valence-corrected chi connectivity index (χ2v) is 4.45. The molecule has 0 unspecified atom stereocenters. The molecule has 0 aliphatic heterocycles. The predicted molar refractivity (Wildman–Crippen MR) is 62.3 cm³/mol. The van der Waals surface area contributed by atoms with Crippen LogP contribution in [0.5, 0.6) is 0 Å². The normalized spacial score (nSPS) is 11.6. The highest BCUT2D eigenvalue weighted by molar-refractivity contribution is 4.98. The lowest BCUT2D eigenvalue weighted by atomic mass is 10.2. The standard InChI is InChI=1S/C12H17N3O2/c1-9(2)12-13-11(17-14-12)8-15(3)7-10-5-4-6-16-10/h4-6,9H,7-8H2,1-3H3. The average Bonchev–Trinajstić information content (AvgIpc) is 2.88. The second kappa shape index (κ2) is 5.14. The van der Waals surface area contributed by atoms with E-state index in [4.69, 9.17) is 8.94 Å². The molecule has 0 atom stereocenters. The lowest BCUT2D eigenvalue weighted by Gasteiger charge is -2.11. The third-order valence-electron chi connectivity index (χ3n) is 2.41. The van der Waals surface area contributed by atoms with Crippen molar-refractivity contribution in [2.75, 3.05) is 7.05 Å². The van der Waals surface area contributed by atoms with Crippen LogP contribution in [0.1, 0.15) is 37.2 Å². The summed E-state index contributed by atoms with van der Waals surface area (Å²) in [4.78, 5) is 6.39. The van der Waals surface area contributed by atoms with E-state index in [1.54, 1.807) is 6.26 Å². The molecule has 0 saturated heterocycles. The summed E-state index contributed by atoms with van der Waals surface area (Å²) in [7, 11) is 1.99. The average molecular weight is 235 g/mol. The Kier molecular flexibility index (Phi) is 3.58. The quantitative estimate of drug-likeness (QED) is 0.796. The van der Waals surface area contributed by atoms with Crippen LogP contribution in [0, 0.1) is 0 Å². The van der Waals surface area contributed by atoms with Gasteiger partial charge in [-0.3, -0.25) is 4.90 Å². The molecule has 2 aromatic rings. The topological polar surface area (TPSA) is 55.3 Å². The van der Waals surface area contributed by atoms with E-state index in [2.05, 4.69) is 15.0 Å². The lowest BCUT2D eigenvalue weighted by Crippen LogP contribution is -2.17. The largest absolute Gasteiger partial charge is 0.468 e. The Morgan fingerprint density at radius 3 is 2.76 bits per heavy atom. The molecule has 0 aliphatic carbocycles. The number of furan rings is 1. The summed E-state index contributed by atoms with van der Waals surface area (Å²) in [5.41, 5.74) is 0. The first kappa shape index (κ1) is 11.9. The molecule has 0 amide bonds. The molecule has 0 saturated carbocycles. The fourth-order valence-electron chi connectivity index (χ4n) is 1.52. The van der Waals surface area contributed by atoms with Gasteiger partial charge < -0.3 is 8.94 Å². The lowest BCUT2D eigenvalue weighted by molar-refractivity contribution is 0.244. The summed E-state index contributed by atoms with van der Waals surface area (Å²) < 4.78 is 10.5. The van der Waals surface area contributed by atoms with E-state index in [0.29, 0.717) is 18.4 Å². The monoisotopic (exact) mass is 235 g/mol. The van der Waals surface area contributed by atoms with Crippen LogP contribution < -0.4 is 0 Å². The Labute approximate surface area is 100 Å². The predicted octanol–water partition coefficient (Wildman–Crippen LogP) is 2.42. The van der Waals surface area contributed by atoms with Crippen molar-refractivity contribution in [1.29, 1.82) is 0 Å². The minimum Gasteiger partial charge on any atom is -0.468 e. The van der Waals surface area contributed by atoms with Gasteiger partial charge in [-0.25, -0.2) is 0 Å². The third kappa shape index (κ3) is 3.17. The molecule has 0 aromatic carbocycles. The fourth-order valence-corrected chi connectivity index (χ4v) is 1.52. The number of nitrogens with zero attached hydrogens (tertiary/aromatic N) is 3. The van der Waals surface area contributed by atoms with E-state index < -0.39 is 0 Å². The van der Waals surface area contributed by atoms with Crippen molar-refractivity contribution < 1.29 is 8.94 Å². The van der Waals surface area contributed by atoms with E-state index in [1.807, 2.05) is 33.0 Å². The number of hydrogen-bond donors (Lipinski definition) is 0. The van der Waals surface area contributed by atoms with Gasteiger partial charge in [-0.2, -0.15) is 4.98 Å². The van der Waals surface area contributed by atoms with E-state index >= 15 is 0 Å². The Balaban J connectivity index is 1.91. The molecule has 0 fully saturated rings. The number of aromatic nitrogens is 2. The van der Waals surface area contributed by atoms with Crippen molar-refractivity contribution in [3.05, 3.63) is 35.9 Å². The van der Waals surface area contributed by atoms with E-state index in [9.17, 15) is 0 Å². The highest BCUT2D eigenvalue weighted by atomic mass is 16.5. The molecule has 92 valence electrons. The third-order valence-corrected chi connectivity index (χ3v) is 2.41. The first-order chi connectivity index (χ1) is 8.15. The molecular weight excluding hydrogens is 218 g/mol. The van der Waals surface area contributed by atoms with Gasteiger partial charge in [0.1, 0.15) is 5.76 Å². The maximum atomic E-state index is 5.28. The smallest absolute Gasteiger partial charge is 0.240 e. The summed E-state index contributed by atoms with van der Waals surface area (Å²) in [5, 5.41) is 3.93. The van der Waals surface area contributed by atoms with Crippen molar-refractivity contribution in [2.24, 2.45) is 0 Å². The summed E-state index contributed by atoms with van der Waals surface area (Å²) in [6.07, 6.45) is 1.67. The van der Waals surface area contributed by atoms with Gasteiger partial charge in [0.05, 0.1) is 19.4 Å². The van der Waals surface area contributed by atoms with E-state index in [1.165, 1.54) is 0 Å². The minimum atomic E-state index is 0.294. The number of hydrogen-bond acceptors (Lipinski definition) is 5. The molecule has 2 rings (SSSR count). The molecule has 0 radical (unpaired) electrons. The van der Waals surface area contributed by atoms with Crippen LogP contribution in [0.15, 0.2) is 27.3 Å². The van der Waals surface area contributed by atoms with Gasteiger partial charge in [-0.05, 0) is 19.2 Å². The van der Waals surface area contributed by atoms with Crippen LogP contribution in [0.4, 0.5) is 0 Å². The van der Waals surface area contributed by atoms with E-state index in [-0.39, 0.29) is 0 Å². The Morgan fingerprint density at radius 1 is 1.35 bits per heavy atom.